The second kappa shape index (κ2) is 13.9. The Morgan fingerprint density at radius 2 is 1.64 bits per heavy atom. The molecule has 214 valence electrons. The summed E-state index contributed by atoms with van der Waals surface area (Å²) in [5.41, 5.74) is 3.20. The molecule has 0 unspecified atom stereocenters. The number of hydrogen-bond donors (Lipinski definition) is 1. The quantitative estimate of drug-likeness (QED) is 0.385. The normalized spacial score (nSPS) is 15.0. The molecule has 1 atom stereocenters. The van der Waals surface area contributed by atoms with Crippen LogP contribution in [0.5, 0.6) is 0 Å². The number of nitrogens with one attached hydrogen (secondary N) is 1. The highest BCUT2D eigenvalue weighted by molar-refractivity contribution is 7.92. The number of hydrogen-bond acceptors (Lipinski definition) is 4. The molecule has 2 aromatic rings. The Hall–Kier alpha value is -2.94. The number of halogens is 1. The van der Waals surface area contributed by atoms with Gasteiger partial charge in [-0.3, -0.25) is 13.9 Å². The number of aryl methyl sites for hydroxylation is 2. The van der Waals surface area contributed by atoms with Gasteiger partial charge in [-0.25, -0.2) is 12.8 Å². The van der Waals surface area contributed by atoms with Crippen LogP contribution in [0.4, 0.5) is 10.1 Å². The summed E-state index contributed by atoms with van der Waals surface area (Å²) in [4.78, 5) is 28.5. The third-order valence-corrected chi connectivity index (χ3v) is 8.44. The topological polar surface area (TPSA) is 86.8 Å². The van der Waals surface area contributed by atoms with Crippen LogP contribution >= 0.6 is 0 Å². The van der Waals surface area contributed by atoms with Gasteiger partial charge in [-0.05, 0) is 80.5 Å². The van der Waals surface area contributed by atoms with Crippen molar-refractivity contribution < 1.29 is 22.4 Å². The predicted octanol–water partition coefficient (Wildman–Crippen LogP) is 5.25. The lowest BCUT2D eigenvalue weighted by Crippen LogP contribution is -2.51. The molecule has 39 heavy (non-hydrogen) atoms. The van der Waals surface area contributed by atoms with Crippen molar-refractivity contribution >= 4 is 27.5 Å². The van der Waals surface area contributed by atoms with E-state index in [0.29, 0.717) is 18.5 Å². The number of carbonyl (C=O) groups excluding carboxylic acids is 2. The second-order valence-corrected chi connectivity index (χ2v) is 12.6. The number of rotatable bonds is 12. The van der Waals surface area contributed by atoms with Gasteiger partial charge >= 0.3 is 0 Å². The highest BCUT2D eigenvalue weighted by atomic mass is 32.2. The fourth-order valence-electron chi connectivity index (χ4n) is 5.35. The summed E-state index contributed by atoms with van der Waals surface area (Å²) in [5, 5.41) is 3.15. The Bertz CT molecular complexity index is 1210. The fourth-order valence-corrected chi connectivity index (χ4v) is 6.30. The van der Waals surface area contributed by atoms with Gasteiger partial charge in [0, 0.05) is 25.6 Å². The molecule has 1 aliphatic carbocycles. The van der Waals surface area contributed by atoms with Crippen LogP contribution in [0.2, 0.25) is 0 Å². The van der Waals surface area contributed by atoms with E-state index in [9.17, 15) is 22.4 Å². The Morgan fingerprint density at radius 3 is 2.21 bits per heavy atom. The van der Waals surface area contributed by atoms with Crippen molar-refractivity contribution in [3.8, 4) is 0 Å². The van der Waals surface area contributed by atoms with Crippen LogP contribution in [0, 0.1) is 19.7 Å². The molecule has 0 heterocycles. The Morgan fingerprint density at radius 1 is 1.03 bits per heavy atom. The highest BCUT2D eigenvalue weighted by Gasteiger charge is 2.30. The van der Waals surface area contributed by atoms with E-state index < -0.39 is 16.1 Å². The maximum absolute atomic E-state index is 13.6. The molecule has 1 saturated carbocycles. The molecule has 0 aliphatic heterocycles. The third kappa shape index (κ3) is 9.05. The lowest BCUT2D eigenvalue weighted by Gasteiger charge is -2.33. The van der Waals surface area contributed by atoms with E-state index in [-0.39, 0.29) is 43.2 Å². The Labute approximate surface area is 232 Å². The summed E-state index contributed by atoms with van der Waals surface area (Å²) in [6, 6.07) is 11.0. The molecule has 1 aliphatic rings. The van der Waals surface area contributed by atoms with Gasteiger partial charge in [-0.2, -0.15) is 0 Å². The molecule has 9 heteroatoms. The van der Waals surface area contributed by atoms with Crippen LogP contribution in [0.15, 0.2) is 42.5 Å². The van der Waals surface area contributed by atoms with Crippen LogP contribution in [0.25, 0.3) is 0 Å². The van der Waals surface area contributed by atoms with Crippen molar-refractivity contribution in [3.05, 3.63) is 65.0 Å². The molecular formula is C30H42FN3O4S. The largest absolute Gasteiger partial charge is 0.352 e. The molecule has 0 bridgehead atoms. The van der Waals surface area contributed by atoms with E-state index in [2.05, 4.69) is 5.32 Å². The zero-order valence-electron chi connectivity index (χ0n) is 23.6. The molecule has 3 rings (SSSR count). The van der Waals surface area contributed by atoms with Gasteiger partial charge in [0.1, 0.15) is 11.9 Å². The van der Waals surface area contributed by atoms with Crippen molar-refractivity contribution in [2.24, 2.45) is 0 Å². The maximum Gasteiger partial charge on any atom is 0.243 e. The number of benzene rings is 2. The molecule has 0 radical (unpaired) electrons. The van der Waals surface area contributed by atoms with E-state index in [4.69, 9.17) is 0 Å². The molecule has 0 saturated heterocycles. The smallest absolute Gasteiger partial charge is 0.243 e. The van der Waals surface area contributed by atoms with Gasteiger partial charge in [-0.1, -0.05) is 44.4 Å². The summed E-state index contributed by atoms with van der Waals surface area (Å²) in [6.45, 7) is 6.02. The number of anilines is 1. The SMILES string of the molecule is CC[C@H](C(=O)NC1CCCCC1)N(Cc1ccc(F)cc1)C(=O)CCCN(c1cc(C)cc(C)c1)S(C)(=O)=O. The average molecular weight is 560 g/mol. The van der Waals surface area contributed by atoms with Crippen LogP contribution in [0.1, 0.15) is 75.0 Å². The van der Waals surface area contributed by atoms with Crippen molar-refractivity contribution in [2.45, 2.75) is 90.8 Å². The maximum atomic E-state index is 13.6. The summed E-state index contributed by atoms with van der Waals surface area (Å²) in [7, 11) is -3.56. The average Bonchev–Trinajstić information content (AvgIpc) is 2.86. The first-order chi connectivity index (χ1) is 18.5. The first-order valence-electron chi connectivity index (χ1n) is 13.9. The number of carbonyl (C=O) groups is 2. The van der Waals surface area contributed by atoms with Crippen LogP contribution in [-0.2, 0) is 26.2 Å². The molecule has 1 fully saturated rings. The van der Waals surface area contributed by atoms with Crippen molar-refractivity contribution in [1.82, 2.24) is 10.2 Å². The van der Waals surface area contributed by atoms with E-state index in [1.807, 2.05) is 39.0 Å². The van der Waals surface area contributed by atoms with Gasteiger partial charge in [0.15, 0.2) is 0 Å². The molecular weight excluding hydrogens is 517 g/mol. The number of amides is 2. The molecule has 2 amide bonds. The van der Waals surface area contributed by atoms with Crippen molar-refractivity contribution in [3.63, 3.8) is 0 Å². The first-order valence-corrected chi connectivity index (χ1v) is 15.7. The summed E-state index contributed by atoms with van der Waals surface area (Å²) < 4.78 is 40.1. The molecule has 0 spiro atoms. The van der Waals surface area contributed by atoms with Crippen LogP contribution in [0.3, 0.4) is 0 Å². The van der Waals surface area contributed by atoms with E-state index in [0.717, 1.165) is 48.6 Å². The standard InChI is InChI=1S/C30H42FN3O4S/c1-5-28(30(36)32-26-10-7-6-8-11-26)33(21-24-13-15-25(31)16-14-24)29(35)12-9-17-34(39(4,37)38)27-19-22(2)18-23(3)20-27/h13-16,18-20,26,28H,5-12,17,21H2,1-4H3,(H,32,36)/t28-/m1/s1. The van der Waals surface area contributed by atoms with E-state index in [1.165, 1.54) is 22.9 Å². The Balaban J connectivity index is 1.76. The zero-order valence-corrected chi connectivity index (χ0v) is 24.4. The minimum Gasteiger partial charge on any atom is -0.352 e. The molecule has 0 aromatic heterocycles. The lowest BCUT2D eigenvalue weighted by atomic mass is 9.95. The minimum absolute atomic E-state index is 0.0746. The van der Waals surface area contributed by atoms with Crippen molar-refractivity contribution in [1.29, 1.82) is 0 Å². The molecule has 2 aromatic carbocycles. The lowest BCUT2D eigenvalue weighted by molar-refractivity contribution is -0.141. The highest BCUT2D eigenvalue weighted by Crippen LogP contribution is 2.23. The van der Waals surface area contributed by atoms with Gasteiger partial charge in [0.25, 0.3) is 0 Å². The van der Waals surface area contributed by atoms with Gasteiger partial charge in [0.05, 0.1) is 11.9 Å². The monoisotopic (exact) mass is 559 g/mol. The Kier molecular flexibility index (Phi) is 10.9. The molecule has 1 N–H and O–H groups in total. The van der Waals surface area contributed by atoms with Gasteiger partial charge < -0.3 is 10.2 Å². The minimum atomic E-state index is -3.56. The molecule has 7 nitrogen and oxygen atoms in total. The van der Waals surface area contributed by atoms with E-state index >= 15 is 0 Å². The predicted molar refractivity (Wildman–Crippen MR) is 153 cm³/mol. The zero-order chi connectivity index (χ0) is 28.6. The van der Waals surface area contributed by atoms with Crippen molar-refractivity contribution in [2.75, 3.05) is 17.1 Å². The number of nitrogens with zero attached hydrogens (tertiary/aromatic N) is 2. The van der Waals surface area contributed by atoms with Crippen LogP contribution in [-0.4, -0.2) is 50.0 Å². The van der Waals surface area contributed by atoms with Crippen LogP contribution < -0.4 is 9.62 Å². The summed E-state index contributed by atoms with van der Waals surface area (Å²) >= 11 is 0. The fraction of sp³-hybridized carbons (Fsp3) is 0.533. The first kappa shape index (κ1) is 30.6. The number of sulfonamides is 1. The van der Waals surface area contributed by atoms with E-state index in [1.54, 1.807) is 17.0 Å². The second-order valence-electron chi connectivity index (χ2n) is 10.7. The van der Waals surface area contributed by atoms with Gasteiger partial charge in [0.2, 0.25) is 21.8 Å². The third-order valence-electron chi connectivity index (χ3n) is 7.25. The van der Waals surface area contributed by atoms with Gasteiger partial charge in [-0.15, -0.1) is 0 Å². The summed E-state index contributed by atoms with van der Waals surface area (Å²) in [6.07, 6.45) is 7.17. The summed E-state index contributed by atoms with van der Waals surface area (Å²) in [5.74, 6) is -0.780.